The smallest absolute Gasteiger partial charge is 0.234 e. The lowest BCUT2D eigenvalue weighted by Gasteiger charge is -2.27. The first kappa shape index (κ1) is 10.9. The molecule has 13 heavy (non-hydrogen) atoms. The summed E-state index contributed by atoms with van der Waals surface area (Å²) in [5.74, 6) is 2.10. The molecule has 0 saturated carbocycles. The first-order chi connectivity index (χ1) is 6.11. The van der Waals surface area contributed by atoms with Crippen LogP contribution in [0.4, 0.5) is 0 Å². The second-order valence-electron chi connectivity index (χ2n) is 3.73. The van der Waals surface area contributed by atoms with E-state index in [1.807, 2.05) is 21.0 Å². The van der Waals surface area contributed by atoms with E-state index in [0.717, 1.165) is 24.8 Å². The van der Waals surface area contributed by atoms with Gasteiger partial charge < -0.3 is 10.2 Å². The highest BCUT2D eigenvalue weighted by Gasteiger charge is 2.21. The Morgan fingerprint density at radius 3 is 2.62 bits per heavy atom. The van der Waals surface area contributed by atoms with Crippen LogP contribution in [0.2, 0.25) is 0 Å². The lowest BCUT2D eigenvalue weighted by molar-refractivity contribution is -0.127. The number of carbonyl (C=O) groups is 1. The predicted octanol–water partition coefficient (Wildman–Crippen LogP) is 0.416. The maximum absolute atomic E-state index is 11.5. The third-order valence-electron chi connectivity index (χ3n) is 2.24. The third kappa shape index (κ3) is 3.19. The molecule has 1 amide bonds. The van der Waals surface area contributed by atoms with Gasteiger partial charge in [-0.05, 0) is 31.7 Å². The number of amides is 1. The minimum absolute atomic E-state index is 0.107. The summed E-state index contributed by atoms with van der Waals surface area (Å²) in [6.07, 6.45) is 0. The maximum Gasteiger partial charge on any atom is 0.234 e. The molecule has 1 heterocycles. The van der Waals surface area contributed by atoms with E-state index >= 15 is 0 Å². The van der Waals surface area contributed by atoms with Gasteiger partial charge in [0.05, 0.1) is 5.25 Å². The van der Waals surface area contributed by atoms with E-state index in [4.69, 9.17) is 0 Å². The molecule has 0 radical (unpaired) electrons. The van der Waals surface area contributed by atoms with Crippen LogP contribution in [0.15, 0.2) is 0 Å². The van der Waals surface area contributed by atoms with Crippen molar-refractivity contribution in [3.63, 3.8) is 0 Å². The van der Waals surface area contributed by atoms with Crippen LogP contribution in [0.5, 0.6) is 0 Å². The highest BCUT2D eigenvalue weighted by atomic mass is 32.2. The van der Waals surface area contributed by atoms with E-state index < -0.39 is 0 Å². The highest BCUT2D eigenvalue weighted by Crippen LogP contribution is 2.18. The van der Waals surface area contributed by atoms with Crippen molar-refractivity contribution in [3.8, 4) is 0 Å². The van der Waals surface area contributed by atoms with Gasteiger partial charge in [-0.25, -0.2) is 0 Å². The Balaban J connectivity index is 2.15. The van der Waals surface area contributed by atoms with E-state index in [9.17, 15) is 4.79 Å². The van der Waals surface area contributed by atoms with Crippen LogP contribution in [-0.4, -0.2) is 49.0 Å². The van der Waals surface area contributed by atoms with Crippen LogP contribution in [0.25, 0.3) is 0 Å². The quantitative estimate of drug-likeness (QED) is 0.717. The van der Waals surface area contributed by atoms with Gasteiger partial charge in [-0.1, -0.05) is 0 Å². The summed E-state index contributed by atoms with van der Waals surface area (Å²) in [4.78, 5) is 13.1. The Bertz CT molecular complexity index is 180. The summed E-state index contributed by atoms with van der Waals surface area (Å²) in [6.45, 7) is 4.23. The topological polar surface area (TPSA) is 32.3 Å². The van der Waals surface area contributed by atoms with Crippen LogP contribution in [-0.2, 0) is 4.79 Å². The van der Waals surface area contributed by atoms with E-state index in [0.29, 0.717) is 0 Å². The molecule has 1 fully saturated rings. The molecule has 4 heteroatoms. The van der Waals surface area contributed by atoms with Crippen molar-refractivity contribution in [1.82, 2.24) is 10.2 Å². The zero-order valence-corrected chi connectivity index (χ0v) is 9.36. The van der Waals surface area contributed by atoms with Crippen LogP contribution < -0.4 is 5.32 Å². The lowest BCUT2D eigenvalue weighted by Crippen LogP contribution is -2.43. The molecule has 1 rings (SSSR count). The van der Waals surface area contributed by atoms with Gasteiger partial charge in [-0.3, -0.25) is 4.79 Å². The molecule has 1 unspecified atom stereocenters. The molecule has 1 aliphatic heterocycles. The Kier molecular flexibility index (Phi) is 4.06. The van der Waals surface area contributed by atoms with Crippen molar-refractivity contribution in [1.29, 1.82) is 0 Å². The van der Waals surface area contributed by atoms with Gasteiger partial charge in [0.2, 0.25) is 5.91 Å². The number of hydrogen-bond acceptors (Lipinski definition) is 3. The highest BCUT2D eigenvalue weighted by molar-refractivity contribution is 8.00. The first-order valence-corrected chi connectivity index (χ1v) is 5.69. The summed E-state index contributed by atoms with van der Waals surface area (Å²) < 4.78 is 0. The fraction of sp³-hybridized carbons (Fsp3) is 0.889. The van der Waals surface area contributed by atoms with E-state index in [2.05, 4.69) is 5.32 Å². The number of thioether (sulfide) groups is 1. The molecule has 1 N–H and O–H groups in total. The molecule has 1 saturated heterocycles. The zero-order valence-electron chi connectivity index (χ0n) is 8.54. The molecule has 0 aromatic rings. The standard InChI is InChI=1S/C9H18N2OS/c1-7(9(12)11(2)3)13-6-8-4-10-5-8/h7-8,10H,4-6H2,1-3H3. The maximum atomic E-state index is 11.5. The number of carbonyl (C=O) groups excluding carboxylic acids is 1. The van der Waals surface area contributed by atoms with Crippen molar-refractivity contribution >= 4 is 17.7 Å². The van der Waals surface area contributed by atoms with Crippen molar-refractivity contribution < 1.29 is 4.79 Å². The minimum atomic E-state index is 0.107. The largest absolute Gasteiger partial charge is 0.348 e. The third-order valence-corrected chi connectivity index (χ3v) is 3.60. The van der Waals surface area contributed by atoms with Gasteiger partial charge in [0.1, 0.15) is 0 Å². The summed E-state index contributed by atoms with van der Waals surface area (Å²) in [5.41, 5.74) is 0. The predicted molar refractivity (Wildman–Crippen MR) is 57.0 cm³/mol. The molecular formula is C9H18N2OS. The molecule has 0 aliphatic carbocycles. The Morgan fingerprint density at radius 1 is 1.62 bits per heavy atom. The van der Waals surface area contributed by atoms with Gasteiger partial charge in [-0.15, -0.1) is 11.8 Å². The number of nitrogens with zero attached hydrogens (tertiary/aromatic N) is 1. The average molecular weight is 202 g/mol. The molecule has 0 bridgehead atoms. The van der Waals surface area contributed by atoms with Crippen molar-refractivity contribution in [2.75, 3.05) is 32.9 Å². The van der Waals surface area contributed by atoms with E-state index in [1.165, 1.54) is 0 Å². The average Bonchev–Trinajstić information content (AvgIpc) is 1.99. The monoisotopic (exact) mass is 202 g/mol. The number of nitrogens with one attached hydrogen (secondary N) is 1. The molecule has 0 aromatic carbocycles. The van der Waals surface area contributed by atoms with Crippen molar-refractivity contribution in [2.24, 2.45) is 5.92 Å². The van der Waals surface area contributed by atoms with Crippen LogP contribution in [0.3, 0.4) is 0 Å². The Hall–Kier alpha value is -0.220. The van der Waals surface area contributed by atoms with Gasteiger partial charge in [0.15, 0.2) is 0 Å². The minimum Gasteiger partial charge on any atom is -0.348 e. The van der Waals surface area contributed by atoms with Gasteiger partial charge in [0.25, 0.3) is 0 Å². The number of hydrogen-bond donors (Lipinski definition) is 1. The molecule has 1 atom stereocenters. The lowest BCUT2D eigenvalue weighted by atomic mass is 10.1. The Labute approximate surface area is 84.2 Å². The molecule has 1 aliphatic rings. The molecule has 0 aromatic heterocycles. The zero-order chi connectivity index (χ0) is 9.84. The normalized spacial score (nSPS) is 19.3. The molecule has 3 nitrogen and oxygen atoms in total. The summed E-state index contributed by atoms with van der Waals surface area (Å²) >= 11 is 1.77. The van der Waals surface area contributed by atoms with E-state index in [-0.39, 0.29) is 11.2 Å². The fourth-order valence-electron chi connectivity index (χ4n) is 1.18. The van der Waals surface area contributed by atoms with Crippen LogP contribution in [0.1, 0.15) is 6.92 Å². The second kappa shape index (κ2) is 4.86. The molecular weight excluding hydrogens is 184 g/mol. The Morgan fingerprint density at radius 2 is 2.23 bits per heavy atom. The van der Waals surface area contributed by atoms with Crippen LogP contribution >= 0.6 is 11.8 Å². The summed E-state index contributed by atoms with van der Waals surface area (Å²) in [6, 6.07) is 0. The first-order valence-electron chi connectivity index (χ1n) is 4.64. The SMILES string of the molecule is CC(SCC1CNC1)C(=O)N(C)C. The van der Waals surface area contributed by atoms with E-state index in [1.54, 1.807) is 16.7 Å². The molecule has 76 valence electrons. The van der Waals surface area contributed by atoms with Crippen LogP contribution in [0, 0.1) is 5.92 Å². The van der Waals surface area contributed by atoms with Gasteiger partial charge in [0, 0.05) is 14.1 Å². The molecule has 0 spiro atoms. The van der Waals surface area contributed by atoms with Gasteiger partial charge >= 0.3 is 0 Å². The summed E-state index contributed by atoms with van der Waals surface area (Å²) in [5, 5.41) is 3.34. The second-order valence-corrected chi connectivity index (χ2v) is 5.11. The van der Waals surface area contributed by atoms with Crippen molar-refractivity contribution in [2.45, 2.75) is 12.2 Å². The van der Waals surface area contributed by atoms with Crippen molar-refractivity contribution in [3.05, 3.63) is 0 Å². The number of rotatable bonds is 4. The summed E-state index contributed by atoms with van der Waals surface area (Å²) in [7, 11) is 3.62. The van der Waals surface area contributed by atoms with Gasteiger partial charge in [-0.2, -0.15) is 0 Å². The fourth-order valence-corrected chi connectivity index (χ4v) is 2.33.